The largest absolute Gasteiger partial charge is 0.416 e. The van der Waals surface area contributed by atoms with E-state index in [1.54, 1.807) is 61.5 Å². The van der Waals surface area contributed by atoms with Gasteiger partial charge in [0.05, 0.1) is 80.0 Å². The van der Waals surface area contributed by atoms with Crippen LogP contribution in [-0.4, -0.2) is 24.1 Å². The average Bonchev–Trinajstić information content (AvgIpc) is 1.61. The highest BCUT2D eigenvalue weighted by atomic mass is 19.4. The van der Waals surface area contributed by atoms with E-state index < -0.39 is 11.7 Å². The minimum atomic E-state index is -4.77. The molecule has 12 heteroatoms. The molecule has 0 radical (unpaired) electrons. The van der Waals surface area contributed by atoms with Crippen molar-refractivity contribution in [1.29, 1.82) is 21.0 Å². The van der Waals surface area contributed by atoms with Gasteiger partial charge in [0, 0.05) is 54.9 Å². The van der Waals surface area contributed by atoms with Crippen molar-refractivity contribution in [3.8, 4) is 114 Å². The molecule has 0 unspecified atom stereocenters. The number of allylic oxidation sites excluding steroid dienone is 5. The molecule has 438 valence electrons. The summed E-state index contributed by atoms with van der Waals surface area (Å²) in [6.45, 7) is 5.88. The molecule has 0 saturated carbocycles. The molecular formula is C81H48F3N9. The summed E-state index contributed by atoms with van der Waals surface area (Å²) in [5.41, 5.74) is 14.6. The molecule has 0 saturated heterocycles. The lowest BCUT2D eigenvalue weighted by atomic mass is 9.96. The number of aromatic nitrogens is 5. The highest BCUT2D eigenvalue weighted by Gasteiger charge is 2.33. The fraction of sp³-hybridized carbons (Fsp3) is 0.0247. The van der Waals surface area contributed by atoms with E-state index in [0.29, 0.717) is 62.2 Å². The summed E-state index contributed by atoms with van der Waals surface area (Å²) in [7, 11) is 0. The number of nitriles is 4. The van der Waals surface area contributed by atoms with Gasteiger partial charge in [0.25, 0.3) is 0 Å². The standard InChI is InChI=1S/C81H48F3N9/c1-3-54(21-14-50(2)46-85)60-29-35-74-67(40-60)70-43-63(57-26-19-53(49-88)20-27-57)32-38-75(70)93(74)77-44-64(80-90-78(58-10-6-4-7-11-58)89-79(91-80)59-12-8-5-9-13-59)28-34-66(77)71-45-65(81(82,83)84)33-39-76(71)92-72-36-30-61(55-22-15-51(47-86)16-23-55)41-68(72)69-42-62(31-37-73(69)92)56-24-17-52(48-87)18-25-56/h3-45H,1H2,2H3/b50-14+,54-21+. The number of rotatable bonds is 12. The van der Waals surface area contributed by atoms with Crippen molar-refractivity contribution < 1.29 is 13.2 Å². The van der Waals surface area contributed by atoms with Crippen molar-refractivity contribution in [3.63, 3.8) is 0 Å². The van der Waals surface area contributed by atoms with Gasteiger partial charge in [-0.25, -0.2) is 15.0 Å². The van der Waals surface area contributed by atoms with Crippen LogP contribution in [0.4, 0.5) is 13.2 Å². The zero-order valence-electron chi connectivity index (χ0n) is 49.7. The van der Waals surface area contributed by atoms with Gasteiger partial charge < -0.3 is 9.13 Å². The smallest absolute Gasteiger partial charge is 0.309 e. The number of hydrogen-bond donors (Lipinski definition) is 0. The van der Waals surface area contributed by atoms with Crippen molar-refractivity contribution in [3.05, 3.63) is 301 Å². The van der Waals surface area contributed by atoms with Gasteiger partial charge in [-0.3, -0.25) is 0 Å². The molecule has 0 amide bonds. The van der Waals surface area contributed by atoms with Gasteiger partial charge in [0.2, 0.25) is 0 Å². The second-order valence-corrected chi connectivity index (χ2v) is 22.5. The average molecular weight is 1200 g/mol. The molecule has 0 aliphatic heterocycles. The van der Waals surface area contributed by atoms with Crippen molar-refractivity contribution in [1.82, 2.24) is 24.1 Å². The Morgan fingerprint density at radius 3 is 1.24 bits per heavy atom. The van der Waals surface area contributed by atoms with Gasteiger partial charge in [0.1, 0.15) is 0 Å². The maximum Gasteiger partial charge on any atom is 0.416 e. The molecule has 0 spiro atoms. The summed E-state index contributed by atoms with van der Waals surface area (Å²) < 4.78 is 51.4. The topological polar surface area (TPSA) is 144 Å². The summed E-state index contributed by atoms with van der Waals surface area (Å²) in [6, 6.07) is 83.9. The van der Waals surface area contributed by atoms with Crippen LogP contribution in [0.3, 0.4) is 0 Å². The van der Waals surface area contributed by atoms with Gasteiger partial charge in [-0.1, -0.05) is 152 Å². The van der Waals surface area contributed by atoms with E-state index >= 15 is 13.2 Å². The Morgan fingerprint density at radius 2 is 0.806 bits per heavy atom. The molecule has 0 bridgehead atoms. The lowest BCUT2D eigenvalue weighted by Gasteiger charge is -2.21. The third-order valence-electron chi connectivity index (χ3n) is 16.9. The molecule has 3 heterocycles. The van der Waals surface area contributed by atoms with Crippen molar-refractivity contribution in [2.24, 2.45) is 0 Å². The van der Waals surface area contributed by atoms with Crippen LogP contribution in [0.25, 0.3) is 139 Å². The van der Waals surface area contributed by atoms with Crippen molar-refractivity contribution in [2.45, 2.75) is 13.1 Å². The summed E-state index contributed by atoms with van der Waals surface area (Å²) >= 11 is 0. The Hall–Kier alpha value is -13.0. The first-order valence-electron chi connectivity index (χ1n) is 29.7. The fourth-order valence-corrected chi connectivity index (χ4v) is 12.2. The minimum Gasteiger partial charge on any atom is -0.309 e. The SMILES string of the molecule is C=C/C(=C\C=C(/C)C#N)c1ccc2c(c1)c1cc(-c3ccc(C#N)cc3)ccc1n2-c1cc(-c2nc(-c3ccccc3)nc(-c3ccccc3)n2)ccc1-c1cc(C(F)(F)F)ccc1-n1c2ccc(-c3ccc(C#N)cc3)cc2c2cc(-c3ccc(C#N)cc3)ccc21. The molecule has 14 aromatic rings. The molecule has 0 N–H and O–H groups in total. The first-order chi connectivity index (χ1) is 45.4. The minimum absolute atomic E-state index is 0.264. The molecule has 0 atom stereocenters. The van der Waals surface area contributed by atoms with Crippen LogP contribution in [0.15, 0.2) is 273 Å². The normalized spacial score (nSPS) is 11.8. The molecule has 0 fully saturated rings. The third kappa shape index (κ3) is 10.8. The number of fused-ring (bicyclic) bond motifs is 6. The number of alkyl halides is 3. The predicted octanol–water partition coefficient (Wildman–Crippen LogP) is 20.4. The van der Waals surface area contributed by atoms with Crippen LogP contribution < -0.4 is 0 Å². The maximum absolute atomic E-state index is 15.8. The van der Waals surface area contributed by atoms with Crippen LogP contribution in [0.2, 0.25) is 0 Å². The number of nitrogens with zero attached hydrogens (tertiary/aromatic N) is 9. The molecule has 0 aliphatic carbocycles. The van der Waals surface area contributed by atoms with Crippen LogP contribution >= 0.6 is 0 Å². The highest BCUT2D eigenvalue weighted by molar-refractivity contribution is 6.14. The van der Waals surface area contributed by atoms with Crippen LogP contribution in [0, 0.1) is 45.3 Å². The number of halogens is 3. The summed E-state index contributed by atoms with van der Waals surface area (Å²) in [6.07, 6.45) is 0.558. The van der Waals surface area contributed by atoms with E-state index in [1.165, 1.54) is 6.07 Å². The zero-order chi connectivity index (χ0) is 63.9. The van der Waals surface area contributed by atoms with Gasteiger partial charge in [-0.15, -0.1) is 0 Å². The van der Waals surface area contributed by atoms with Crippen molar-refractivity contribution in [2.75, 3.05) is 0 Å². The molecule has 14 rings (SSSR count). The van der Waals surface area contributed by atoms with E-state index in [9.17, 15) is 21.0 Å². The highest BCUT2D eigenvalue weighted by Crippen LogP contribution is 2.46. The molecule has 93 heavy (non-hydrogen) atoms. The Labute approximate surface area is 533 Å². The van der Waals surface area contributed by atoms with E-state index in [4.69, 9.17) is 15.0 Å². The molecule has 9 nitrogen and oxygen atoms in total. The number of benzene rings is 11. The third-order valence-corrected chi connectivity index (χ3v) is 16.9. The first kappa shape index (κ1) is 57.7. The second kappa shape index (κ2) is 23.8. The Kier molecular flexibility index (Phi) is 14.8. The Morgan fingerprint density at radius 1 is 0.398 bits per heavy atom. The summed E-state index contributed by atoms with van der Waals surface area (Å²) in [5.74, 6) is 1.17. The predicted molar refractivity (Wildman–Crippen MR) is 363 cm³/mol. The van der Waals surface area contributed by atoms with Gasteiger partial charge in [-0.2, -0.15) is 34.2 Å². The fourth-order valence-electron chi connectivity index (χ4n) is 12.2. The van der Waals surface area contributed by atoms with E-state index in [1.807, 2.05) is 174 Å². The first-order valence-corrected chi connectivity index (χ1v) is 29.7. The Balaban J connectivity index is 1.09. The molecule has 3 aromatic heterocycles. The van der Waals surface area contributed by atoms with Crippen LogP contribution in [0.5, 0.6) is 0 Å². The maximum atomic E-state index is 15.8. The van der Waals surface area contributed by atoms with Gasteiger partial charge in [-0.05, 0) is 167 Å². The van der Waals surface area contributed by atoms with E-state index in [0.717, 1.165) is 105 Å². The molecule has 0 aliphatic rings. The monoisotopic (exact) mass is 1200 g/mol. The second-order valence-electron chi connectivity index (χ2n) is 22.5. The molecule has 11 aromatic carbocycles. The zero-order valence-corrected chi connectivity index (χ0v) is 49.7. The lowest BCUT2D eigenvalue weighted by molar-refractivity contribution is -0.137. The van der Waals surface area contributed by atoms with E-state index in [-0.39, 0.29) is 5.56 Å². The quantitative estimate of drug-likeness (QED) is 0.0875. The van der Waals surface area contributed by atoms with Crippen molar-refractivity contribution >= 4 is 49.2 Å². The van der Waals surface area contributed by atoms with Crippen LogP contribution in [-0.2, 0) is 6.18 Å². The Bertz CT molecular complexity index is 5420. The van der Waals surface area contributed by atoms with Crippen LogP contribution in [0.1, 0.15) is 34.7 Å². The van der Waals surface area contributed by atoms with Gasteiger partial charge in [0.15, 0.2) is 17.5 Å². The number of hydrogen-bond acceptors (Lipinski definition) is 7. The lowest BCUT2D eigenvalue weighted by Crippen LogP contribution is -2.08. The van der Waals surface area contributed by atoms with E-state index in [2.05, 4.69) is 59.7 Å². The molecular weight excluding hydrogens is 1160 g/mol. The summed E-state index contributed by atoms with van der Waals surface area (Å²) in [4.78, 5) is 15.3. The summed E-state index contributed by atoms with van der Waals surface area (Å²) in [5, 5.41) is 42.1. The van der Waals surface area contributed by atoms with Gasteiger partial charge >= 0.3 is 6.18 Å².